The van der Waals surface area contributed by atoms with Gasteiger partial charge in [-0.2, -0.15) is 0 Å². The Balaban J connectivity index is 1.87. The molecule has 0 spiro atoms. The van der Waals surface area contributed by atoms with Crippen LogP contribution in [-0.4, -0.2) is 43.5 Å². The number of carbonyl (C=O) groups is 1. The second-order valence-corrected chi connectivity index (χ2v) is 9.73. The molecule has 1 aliphatic heterocycles. The maximum Gasteiger partial charge on any atom is 0.224 e. The van der Waals surface area contributed by atoms with Crippen LogP contribution in [0, 0.1) is 11.8 Å². The Morgan fingerprint density at radius 2 is 1.92 bits per heavy atom. The standard InChI is InChI=1S/C20H32N2O3S/c1-16(2)17(3)21-20(23)19-12-7-13-22(15-19)26(24,25)14-8-11-18-9-5-4-6-10-18/h4-6,9-10,16-17,19H,7-8,11-15H2,1-3H3,(H,21,23)/t17-,19-/m1/s1. The number of amides is 1. The highest BCUT2D eigenvalue weighted by molar-refractivity contribution is 7.89. The van der Waals surface area contributed by atoms with Crippen molar-refractivity contribution in [3.05, 3.63) is 35.9 Å². The molecule has 6 heteroatoms. The number of nitrogens with zero attached hydrogens (tertiary/aromatic N) is 1. The SMILES string of the molecule is CC(C)[C@@H](C)NC(=O)[C@@H]1CCCN(S(=O)(=O)CCCc2ccccc2)C1. The van der Waals surface area contributed by atoms with Gasteiger partial charge in [0.1, 0.15) is 0 Å². The molecule has 26 heavy (non-hydrogen) atoms. The summed E-state index contributed by atoms with van der Waals surface area (Å²) < 4.78 is 26.9. The lowest BCUT2D eigenvalue weighted by molar-refractivity contribution is -0.127. The molecular formula is C20H32N2O3S. The van der Waals surface area contributed by atoms with E-state index in [9.17, 15) is 13.2 Å². The number of hydrogen-bond donors (Lipinski definition) is 1. The molecule has 0 aliphatic carbocycles. The van der Waals surface area contributed by atoms with Gasteiger partial charge >= 0.3 is 0 Å². The van der Waals surface area contributed by atoms with Crippen LogP contribution < -0.4 is 5.32 Å². The highest BCUT2D eigenvalue weighted by Crippen LogP contribution is 2.21. The van der Waals surface area contributed by atoms with Crippen molar-refractivity contribution in [3.8, 4) is 0 Å². The molecule has 146 valence electrons. The van der Waals surface area contributed by atoms with Gasteiger partial charge in [-0.15, -0.1) is 0 Å². The van der Waals surface area contributed by atoms with Crippen LogP contribution in [0.15, 0.2) is 30.3 Å². The summed E-state index contributed by atoms with van der Waals surface area (Å²) in [6, 6.07) is 10.0. The number of sulfonamides is 1. The maximum atomic E-state index is 12.7. The molecule has 0 aromatic heterocycles. The Morgan fingerprint density at radius 3 is 2.58 bits per heavy atom. The number of nitrogens with one attached hydrogen (secondary N) is 1. The first-order valence-corrected chi connectivity index (χ1v) is 11.2. The van der Waals surface area contributed by atoms with Crippen molar-refractivity contribution in [2.75, 3.05) is 18.8 Å². The number of benzene rings is 1. The zero-order valence-electron chi connectivity index (χ0n) is 16.1. The molecule has 1 saturated heterocycles. The first-order valence-electron chi connectivity index (χ1n) is 9.61. The Labute approximate surface area is 158 Å². The van der Waals surface area contributed by atoms with Gasteiger partial charge in [-0.1, -0.05) is 44.2 Å². The number of aryl methyl sites for hydroxylation is 1. The van der Waals surface area contributed by atoms with Crippen molar-refractivity contribution in [1.29, 1.82) is 0 Å². The number of carbonyl (C=O) groups excluding carboxylic acids is 1. The van der Waals surface area contributed by atoms with Crippen LogP contribution in [0.5, 0.6) is 0 Å². The fourth-order valence-corrected chi connectivity index (χ4v) is 4.73. The van der Waals surface area contributed by atoms with E-state index in [4.69, 9.17) is 0 Å². The predicted molar refractivity (Wildman–Crippen MR) is 105 cm³/mol. The van der Waals surface area contributed by atoms with E-state index in [0.717, 1.165) is 24.8 Å². The van der Waals surface area contributed by atoms with Gasteiger partial charge in [-0.25, -0.2) is 12.7 Å². The Kier molecular flexibility index (Phi) is 7.65. The highest BCUT2D eigenvalue weighted by atomic mass is 32.2. The van der Waals surface area contributed by atoms with Crippen molar-refractivity contribution in [1.82, 2.24) is 9.62 Å². The second kappa shape index (κ2) is 9.51. The summed E-state index contributed by atoms with van der Waals surface area (Å²) in [7, 11) is -3.31. The van der Waals surface area contributed by atoms with Crippen LogP contribution in [0.25, 0.3) is 0 Å². The molecule has 0 saturated carbocycles. The minimum atomic E-state index is -3.31. The summed E-state index contributed by atoms with van der Waals surface area (Å²) in [6.45, 7) is 6.95. The normalized spacial score (nSPS) is 20.1. The van der Waals surface area contributed by atoms with Crippen LogP contribution >= 0.6 is 0 Å². The molecular weight excluding hydrogens is 348 g/mol. The van der Waals surface area contributed by atoms with E-state index >= 15 is 0 Å². The second-order valence-electron chi connectivity index (χ2n) is 7.64. The average Bonchev–Trinajstić information content (AvgIpc) is 2.62. The Bertz CT molecular complexity index is 674. The molecule has 2 rings (SSSR count). The van der Waals surface area contributed by atoms with Crippen molar-refractivity contribution in [2.45, 2.75) is 52.5 Å². The van der Waals surface area contributed by atoms with Crippen molar-refractivity contribution < 1.29 is 13.2 Å². The van der Waals surface area contributed by atoms with E-state index in [1.165, 1.54) is 4.31 Å². The van der Waals surface area contributed by atoms with Crippen LogP contribution in [0.1, 0.15) is 45.6 Å². The quantitative estimate of drug-likeness (QED) is 0.754. The fraction of sp³-hybridized carbons (Fsp3) is 0.650. The van der Waals surface area contributed by atoms with Crippen LogP contribution in [0.2, 0.25) is 0 Å². The van der Waals surface area contributed by atoms with Crippen molar-refractivity contribution in [2.24, 2.45) is 11.8 Å². The highest BCUT2D eigenvalue weighted by Gasteiger charge is 2.32. The van der Waals surface area contributed by atoms with E-state index in [0.29, 0.717) is 25.4 Å². The van der Waals surface area contributed by atoms with Gasteiger partial charge in [0.05, 0.1) is 11.7 Å². The van der Waals surface area contributed by atoms with Crippen LogP contribution in [0.3, 0.4) is 0 Å². The molecule has 1 aromatic rings. The van der Waals surface area contributed by atoms with Gasteiger partial charge in [-0.05, 0) is 44.1 Å². The fourth-order valence-electron chi connectivity index (χ4n) is 3.15. The maximum absolute atomic E-state index is 12.7. The molecule has 1 aliphatic rings. The van der Waals surface area contributed by atoms with E-state index in [2.05, 4.69) is 19.2 Å². The Morgan fingerprint density at radius 1 is 1.23 bits per heavy atom. The van der Waals surface area contributed by atoms with Crippen molar-refractivity contribution in [3.63, 3.8) is 0 Å². The number of piperidine rings is 1. The van der Waals surface area contributed by atoms with E-state index in [1.54, 1.807) is 0 Å². The minimum absolute atomic E-state index is 0.0182. The lowest BCUT2D eigenvalue weighted by atomic mass is 9.97. The summed E-state index contributed by atoms with van der Waals surface area (Å²) in [6.07, 6.45) is 2.85. The molecule has 1 fully saturated rings. The smallest absolute Gasteiger partial charge is 0.224 e. The molecule has 1 amide bonds. The number of hydrogen-bond acceptors (Lipinski definition) is 3. The number of rotatable bonds is 8. The molecule has 1 N–H and O–H groups in total. The minimum Gasteiger partial charge on any atom is -0.353 e. The van der Waals surface area contributed by atoms with E-state index in [-0.39, 0.29) is 23.6 Å². The zero-order valence-corrected chi connectivity index (χ0v) is 17.0. The first kappa shape index (κ1) is 20.9. The first-order chi connectivity index (χ1) is 12.3. The summed E-state index contributed by atoms with van der Waals surface area (Å²) in [5.41, 5.74) is 1.15. The van der Waals surface area contributed by atoms with Gasteiger partial charge < -0.3 is 5.32 Å². The van der Waals surface area contributed by atoms with Gasteiger partial charge in [0.25, 0.3) is 0 Å². The average molecular weight is 381 g/mol. The Hall–Kier alpha value is -1.40. The summed E-state index contributed by atoms with van der Waals surface area (Å²) >= 11 is 0. The van der Waals surface area contributed by atoms with Crippen molar-refractivity contribution >= 4 is 15.9 Å². The molecule has 2 atom stereocenters. The third-order valence-electron chi connectivity index (χ3n) is 5.23. The largest absolute Gasteiger partial charge is 0.353 e. The van der Waals surface area contributed by atoms with E-state index in [1.807, 2.05) is 37.3 Å². The third-order valence-corrected chi connectivity index (χ3v) is 7.15. The van der Waals surface area contributed by atoms with Crippen LogP contribution in [0.4, 0.5) is 0 Å². The molecule has 1 aromatic carbocycles. The molecule has 0 unspecified atom stereocenters. The zero-order chi connectivity index (χ0) is 19.2. The van der Waals surface area contributed by atoms with Gasteiger partial charge in [0.2, 0.25) is 15.9 Å². The van der Waals surface area contributed by atoms with Gasteiger partial charge in [0.15, 0.2) is 0 Å². The lowest BCUT2D eigenvalue weighted by Gasteiger charge is -2.32. The van der Waals surface area contributed by atoms with Gasteiger partial charge in [0, 0.05) is 19.1 Å². The summed E-state index contributed by atoms with van der Waals surface area (Å²) in [5, 5.41) is 3.03. The monoisotopic (exact) mass is 380 g/mol. The summed E-state index contributed by atoms with van der Waals surface area (Å²) in [4.78, 5) is 12.5. The predicted octanol–water partition coefficient (Wildman–Crippen LogP) is 2.82. The molecule has 5 nitrogen and oxygen atoms in total. The molecule has 0 radical (unpaired) electrons. The topological polar surface area (TPSA) is 66.5 Å². The van der Waals surface area contributed by atoms with E-state index < -0.39 is 10.0 Å². The van der Waals surface area contributed by atoms with Gasteiger partial charge in [-0.3, -0.25) is 4.79 Å². The lowest BCUT2D eigenvalue weighted by Crippen LogP contribution is -2.48. The third kappa shape index (κ3) is 6.09. The molecule has 0 bridgehead atoms. The summed E-state index contributed by atoms with van der Waals surface area (Å²) in [5.74, 6) is 0.239. The molecule has 1 heterocycles. The van der Waals surface area contributed by atoms with Crippen LogP contribution in [-0.2, 0) is 21.2 Å².